The van der Waals surface area contributed by atoms with E-state index in [0.717, 1.165) is 33.9 Å². The summed E-state index contributed by atoms with van der Waals surface area (Å²) in [6.45, 7) is 6.92. The molecular formula is C26H33ClN4O3. The van der Waals surface area contributed by atoms with Gasteiger partial charge < -0.3 is 30.2 Å². The van der Waals surface area contributed by atoms with Crippen molar-refractivity contribution in [2.75, 3.05) is 49.9 Å². The van der Waals surface area contributed by atoms with Crippen molar-refractivity contribution in [2.24, 2.45) is 0 Å². The molecule has 0 saturated carbocycles. The zero-order chi connectivity index (χ0) is 24.5. The van der Waals surface area contributed by atoms with Gasteiger partial charge in [0.2, 0.25) is 0 Å². The third kappa shape index (κ3) is 6.46. The Morgan fingerprint density at radius 1 is 0.941 bits per heavy atom. The molecule has 0 spiro atoms. The molecule has 0 fully saturated rings. The van der Waals surface area contributed by atoms with Crippen molar-refractivity contribution in [3.63, 3.8) is 0 Å². The lowest BCUT2D eigenvalue weighted by Gasteiger charge is -2.28. The van der Waals surface area contributed by atoms with Gasteiger partial charge in [-0.2, -0.15) is 0 Å². The molecule has 7 nitrogen and oxygen atoms in total. The number of methoxy groups -OCH3 is 2. The fraction of sp³-hybridized carbons (Fsp3) is 0.346. The third-order valence-corrected chi connectivity index (χ3v) is 5.88. The van der Waals surface area contributed by atoms with Crippen LogP contribution in [0.5, 0.6) is 11.5 Å². The van der Waals surface area contributed by atoms with Gasteiger partial charge in [-0.1, -0.05) is 35.9 Å². The molecule has 182 valence electrons. The fourth-order valence-corrected chi connectivity index (χ4v) is 3.80. The van der Waals surface area contributed by atoms with Crippen LogP contribution in [0, 0.1) is 6.92 Å². The number of aromatic nitrogens is 1. The smallest absolute Gasteiger partial charge is 0.156 e. The third-order valence-electron chi connectivity index (χ3n) is 5.52. The number of hydrogen-bond acceptors (Lipinski definition) is 7. The second kappa shape index (κ2) is 12.3. The van der Waals surface area contributed by atoms with Gasteiger partial charge in [-0.15, -0.1) is 0 Å². The second-order valence-electron chi connectivity index (χ2n) is 7.82. The van der Waals surface area contributed by atoms with E-state index in [2.05, 4.69) is 15.2 Å². The van der Waals surface area contributed by atoms with Gasteiger partial charge in [-0.25, -0.2) is 4.98 Å². The minimum atomic E-state index is 0.414. The molecule has 1 heterocycles. The van der Waals surface area contributed by atoms with Crippen molar-refractivity contribution in [3.05, 3.63) is 70.4 Å². The second-order valence-corrected chi connectivity index (χ2v) is 8.17. The summed E-state index contributed by atoms with van der Waals surface area (Å²) in [5, 5.41) is 3.79. The number of rotatable bonds is 12. The number of nitrogens with zero attached hydrogens (tertiary/aromatic N) is 2. The predicted molar refractivity (Wildman–Crippen MR) is 139 cm³/mol. The Morgan fingerprint density at radius 3 is 1.94 bits per heavy atom. The molecule has 3 aromatic rings. The SMILES string of the molecule is CCOCCNc1c(C)c(Cl)nc(N(Cc2ccc(OC)cc2)Cc2ccc(OC)cc2)c1N. The van der Waals surface area contributed by atoms with Crippen LogP contribution in [0.3, 0.4) is 0 Å². The number of hydrogen-bond donors (Lipinski definition) is 2. The summed E-state index contributed by atoms with van der Waals surface area (Å²) in [7, 11) is 3.31. The molecule has 0 unspecified atom stereocenters. The molecule has 0 aliphatic rings. The Balaban J connectivity index is 1.96. The van der Waals surface area contributed by atoms with E-state index in [-0.39, 0.29) is 0 Å². The van der Waals surface area contributed by atoms with Gasteiger partial charge >= 0.3 is 0 Å². The van der Waals surface area contributed by atoms with Crippen LogP contribution in [0.2, 0.25) is 5.15 Å². The van der Waals surface area contributed by atoms with E-state index in [9.17, 15) is 0 Å². The Labute approximate surface area is 206 Å². The number of nitrogens with one attached hydrogen (secondary N) is 1. The fourth-order valence-electron chi connectivity index (χ4n) is 3.62. The maximum absolute atomic E-state index is 6.66. The van der Waals surface area contributed by atoms with Crippen molar-refractivity contribution in [1.82, 2.24) is 4.98 Å². The zero-order valence-electron chi connectivity index (χ0n) is 20.2. The molecule has 0 aliphatic carbocycles. The van der Waals surface area contributed by atoms with Crippen LogP contribution in [0.15, 0.2) is 48.5 Å². The van der Waals surface area contributed by atoms with Crippen LogP contribution in [0.4, 0.5) is 17.2 Å². The molecule has 3 rings (SSSR count). The average Bonchev–Trinajstić information content (AvgIpc) is 2.86. The van der Waals surface area contributed by atoms with Crippen molar-refractivity contribution in [2.45, 2.75) is 26.9 Å². The van der Waals surface area contributed by atoms with E-state index < -0.39 is 0 Å². The Hall–Kier alpha value is -3.16. The summed E-state index contributed by atoms with van der Waals surface area (Å²) in [5.74, 6) is 2.24. The lowest BCUT2D eigenvalue weighted by molar-refractivity contribution is 0.158. The summed E-state index contributed by atoms with van der Waals surface area (Å²) in [6.07, 6.45) is 0. The highest BCUT2D eigenvalue weighted by atomic mass is 35.5. The molecule has 3 N–H and O–H groups in total. The summed E-state index contributed by atoms with van der Waals surface area (Å²) < 4.78 is 16.1. The van der Waals surface area contributed by atoms with Crippen LogP contribution >= 0.6 is 11.6 Å². The molecule has 0 atom stereocenters. The first kappa shape index (κ1) is 25.5. The topological polar surface area (TPSA) is 81.9 Å². The van der Waals surface area contributed by atoms with Gasteiger partial charge in [0.1, 0.15) is 16.7 Å². The van der Waals surface area contributed by atoms with Gasteiger partial charge in [0.05, 0.1) is 32.2 Å². The van der Waals surface area contributed by atoms with Gasteiger partial charge in [0, 0.05) is 31.8 Å². The van der Waals surface area contributed by atoms with Gasteiger partial charge in [-0.05, 0) is 49.2 Å². The van der Waals surface area contributed by atoms with E-state index in [4.69, 9.17) is 31.5 Å². The average molecular weight is 485 g/mol. The van der Waals surface area contributed by atoms with Gasteiger partial charge in [0.15, 0.2) is 5.82 Å². The lowest BCUT2D eigenvalue weighted by atomic mass is 10.1. The molecule has 2 aromatic carbocycles. The van der Waals surface area contributed by atoms with Crippen LogP contribution in [0.25, 0.3) is 0 Å². The molecule has 0 radical (unpaired) electrons. The quantitative estimate of drug-likeness (QED) is 0.266. The molecule has 34 heavy (non-hydrogen) atoms. The summed E-state index contributed by atoms with van der Waals surface area (Å²) in [4.78, 5) is 6.81. The maximum Gasteiger partial charge on any atom is 0.156 e. The minimum Gasteiger partial charge on any atom is -0.497 e. The molecule has 1 aromatic heterocycles. The normalized spacial score (nSPS) is 10.7. The zero-order valence-corrected chi connectivity index (χ0v) is 21.0. The first-order valence-electron chi connectivity index (χ1n) is 11.2. The molecule has 0 saturated heterocycles. The summed E-state index contributed by atoms with van der Waals surface area (Å²) in [6, 6.07) is 15.9. The van der Waals surface area contributed by atoms with Crippen molar-refractivity contribution in [1.29, 1.82) is 0 Å². The number of pyridine rings is 1. The van der Waals surface area contributed by atoms with Crippen molar-refractivity contribution >= 4 is 28.8 Å². The molecular weight excluding hydrogens is 452 g/mol. The van der Waals surface area contributed by atoms with Gasteiger partial charge in [0.25, 0.3) is 0 Å². The number of nitrogens with two attached hydrogens (primary N) is 1. The van der Waals surface area contributed by atoms with Crippen LogP contribution in [-0.4, -0.2) is 39.0 Å². The molecule has 0 bridgehead atoms. The van der Waals surface area contributed by atoms with E-state index in [0.29, 0.717) is 49.5 Å². The lowest BCUT2D eigenvalue weighted by Crippen LogP contribution is -2.25. The van der Waals surface area contributed by atoms with E-state index in [1.807, 2.05) is 62.4 Å². The highest BCUT2D eigenvalue weighted by Crippen LogP contribution is 2.37. The van der Waals surface area contributed by atoms with Gasteiger partial charge in [-0.3, -0.25) is 0 Å². The Morgan fingerprint density at radius 2 is 1.47 bits per heavy atom. The molecule has 8 heteroatoms. The van der Waals surface area contributed by atoms with Crippen molar-refractivity contribution < 1.29 is 14.2 Å². The highest BCUT2D eigenvalue weighted by Gasteiger charge is 2.20. The number of halogens is 1. The van der Waals surface area contributed by atoms with E-state index >= 15 is 0 Å². The monoisotopic (exact) mass is 484 g/mol. The number of ether oxygens (including phenoxy) is 3. The molecule has 0 aliphatic heterocycles. The van der Waals surface area contributed by atoms with E-state index in [1.165, 1.54) is 0 Å². The number of anilines is 3. The number of benzene rings is 2. The summed E-state index contributed by atoms with van der Waals surface area (Å²) >= 11 is 6.56. The Bertz CT molecular complexity index is 1010. The predicted octanol–water partition coefficient (Wildman–Crippen LogP) is 5.30. The van der Waals surface area contributed by atoms with Crippen LogP contribution < -0.4 is 25.4 Å². The number of nitrogen functional groups attached to an aromatic ring is 1. The largest absolute Gasteiger partial charge is 0.497 e. The Kier molecular flexibility index (Phi) is 9.24. The standard InChI is InChI=1S/C26H33ClN4O3/c1-5-34-15-14-29-24-18(2)25(27)30-26(23(24)28)31(16-19-6-10-21(32-3)11-7-19)17-20-8-12-22(33-4)13-9-20/h6-13H,5,14-17,28H2,1-4H3,(H,29,30). The first-order chi connectivity index (χ1) is 16.5. The van der Waals surface area contributed by atoms with E-state index in [1.54, 1.807) is 14.2 Å². The molecule has 0 amide bonds. The highest BCUT2D eigenvalue weighted by molar-refractivity contribution is 6.31. The minimum absolute atomic E-state index is 0.414. The summed E-state index contributed by atoms with van der Waals surface area (Å²) in [5.41, 5.74) is 11.0. The maximum atomic E-state index is 6.66. The van der Waals surface area contributed by atoms with Crippen molar-refractivity contribution in [3.8, 4) is 11.5 Å². The van der Waals surface area contributed by atoms with Crippen LogP contribution in [0.1, 0.15) is 23.6 Å². The first-order valence-corrected chi connectivity index (χ1v) is 11.6. The van der Waals surface area contributed by atoms with Crippen LogP contribution in [-0.2, 0) is 17.8 Å².